The topological polar surface area (TPSA) is 78.5 Å². The third-order valence-electron chi connectivity index (χ3n) is 4.72. The Labute approximate surface area is 168 Å². The van der Waals surface area contributed by atoms with Crippen LogP contribution < -0.4 is 10.6 Å². The number of hydrogen-bond donors (Lipinski definition) is 2. The molecule has 7 heteroatoms. The molecule has 1 fully saturated rings. The van der Waals surface area contributed by atoms with Crippen LogP contribution in [0, 0.1) is 0 Å². The molecule has 1 saturated heterocycles. The number of nitrogens with zero attached hydrogens (tertiary/aromatic N) is 1. The molecule has 3 rings (SSSR count). The van der Waals surface area contributed by atoms with Crippen molar-refractivity contribution in [1.82, 2.24) is 15.5 Å². The number of thiophene rings is 1. The lowest BCUT2D eigenvalue weighted by molar-refractivity contribution is -0.127. The van der Waals surface area contributed by atoms with Crippen molar-refractivity contribution in [3.63, 3.8) is 0 Å². The molecule has 28 heavy (non-hydrogen) atoms. The molecular weight excluding hydrogens is 374 g/mol. The van der Waals surface area contributed by atoms with Crippen LogP contribution in [0.15, 0.2) is 47.8 Å². The summed E-state index contributed by atoms with van der Waals surface area (Å²) in [7, 11) is 0. The first-order valence-corrected chi connectivity index (χ1v) is 10.5. The van der Waals surface area contributed by atoms with Crippen LogP contribution in [0.4, 0.5) is 0 Å². The van der Waals surface area contributed by atoms with Crippen molar-refractivity contribution < 1.29 is 14.4 Å². The normalized spacial score (nSPS) is 14.7. The fourth-order valence-corrected chi connectivity index (χ4v) is 3.87. The molecule has 148 valence electrons. The average Bonchev–Trinajstić information content (AvgIpc) is 3.37. The molecule has 0 bridgehead atoms. The van der Waals surface area contributed by atoms with Crippen molar-refractivity contribution in [3.05, 3.63) is 58.3 Å². The van der Waals surface area contributed by atoms with Crippen LogP contribution in [0.3, 0.4) is 0 Å². The summed E-state index contributed by atoms with van der Waals surface area (Å²) in [6.07, 6.45) is 2.67. The van der Waals surface area contributed by atoms with Gasteiger partial charge in [0.2, 0.25) is 11.8 Å². The van der Waals surface area contributed by atoms with Gasteiger partial charge in [0.15, 0.2) is 0 Å². The van der Waals surface area contributed by atoms with Crippen molar-refractivity contribution in [2.45, 2.75) is 31.7 Å². The summed E-state index contributed by atoms with van der Waals surface area (Å²) in [4.78, 5) is 39.2. The van der Waals surface area contributed by atoms with E-state index < -0.39 is 6.04 Å². The van der Waals surface area contributed by atoms with Crippen molar-refractivity contribution in [2.75, 3.05) is 19.6 Å². The molecular formula is C21H25N3O3S. The van der Waals surface area contributed by atoms with Gasteiger partial charge in [-0.05, 0) is 29.9 Å². The summed E-state index contributed by atoms with van der Waals surface area (Å²) < 4.78 is 0. The quantitative estimate of drug-likeness (QED) is 0.635. The number of amides is 3. The average molecular weight is 400 g/mol. The molecule has 0 spiro atoms. The van der Waals surface area contributed by atoms with Gasteiger partial charge in [0.25, 0.3) is 5.91 Å². The predicted octanol–water partition coefficient (Wildman–Crippen LogP) is 2.22. The smallest absolute Gasteiger partial charge is 0.262 e. The molecule has 1 aromatic heterocycles. The Morgan fingerprint density at radius 3 is 2.64 bits per heavy atom. The predicted molar refractivity (Wildman–Crippen MR) is 109 cm³/mol. The van der Waals surface area contributed by atoms with Gasteiger partial charge in [-0.25, -0.2) is 0 Å². The lowest BCUT2D eigenvalue weighted by Gasteiger charge is -2.19. The van der Waals surface area contributed by atoms with Gasteiger partial charge in [0.05, 0.1) is 4.88 Å². The van der Waals surface area contributed by atoms with E-state index in [0.29, 0.717) is 37.2 Å². The molecule has 1 unspecified atom stereocenters. The molecule has 0 aliphatic carbocycles. The van der Waals surface area contributed by atoms with E-state index in [-0.39, 0.29) is 17.7 Å². The van der Waals surface area contributed by atoms with Crippen LogP contribution in [-0.4, -0.2) is 48.3 Å². The summed E-state index contributed by atoms with van der Waals surface area (Å²) in [6, 6.07) is 12.5. The highest BCUT2D eigenvalue weighted by Gasteiger charge is 2.23. The minimum Gasteiger partial charge on any atom is -0.354 e. The Balaban J connectivity index is 1.54. The van der Waals surface area contributed by atoms with E-state index in [1.807, 2.05) is 46.7 Å². The molecule has 0 radical (unpaired) electrons. The molecule has 2 N–H and O–H groups in total. The van der Waals surface area contributed by atoms with Crippen molar-refractivity contribution in [3.8, 4) is 0 Å². The molecule has 1 aliphatic rings. The zero-order valence-corrected chi connectivity index (χ0v) is 16.5. The van der Waals surface area contributed by atoms with E-state index in [9.17, 15) is 14.4 Å². The molecule has 6 nitrogen and oxygen atoms in total. The Morgan fingerprint density at radius 2 is 1.96 bits per heavy atom. The largest absolute Gasteiger partial charge is 0.354 e. The number of rotatable bonds is 9. The Kier molecular flexibility index (Phi) is 7.19. The third-order valence-corrected chi connectivity index (χ3v) is 5.59. The molecule has 1 aliphatic heterocycles. The van der Waals surface area contributed by atoms with E-state index in [0.717, 1.165) is 18.5 Å². The maximum absolute atomic E-state index is 12.7. The van der Waals surface area contributed by atoms with E-state index in [2.05, 4.69) is 10.6 Å². The molecule has 2 heterocycles. The van der Waals surface area contributed by atoms with E-state index >= 15 is 0 Å². The zero-order valence-electron chi connectivity index (χ0n) is 15.7. The summed E-state index contributed by atoms with van der Waals surface area (Å²) in [6.45, 7) is 1.94. The van der Waals surface area contributed by atoms with Crippen LogP contribution >= 0.6 is 11.3 Å². The Bertz CT molecular complexity index is 792. The monoisotopic (exact) mass is 399 g/mol. The minimum absolute atomic E-state index is 0.191. The summed E-state index contributed by atoms with van der Waals surface area (Å²) in [5.74, 6) is -0.258. The van der Waals surface area contributed by atoms with Crippen LogP contribution in [0.1, 0.15) is 34.5 Å². The van der Waals surface area contributed by atoms with E-state index in [4.69, 9.17) is 0 Å². The minimum atomic E-state index is -0.648. The Morgan fingerprint density at radius 1 is 1.14 bits per heavy atom. The standard InChI is InChI=1S/C21H25N3O3S/c25-19-10-4-12-24(19)13-6-11-22-20(26)17(15-16-7-2-1-3-8-16)23-21(27)18-9-5-14-28-18/h1-3,5,7-9,14,17H,4,6,10-13,15H2,(H,22,26)(H,23,27). The molecule has 1 aromatic carbocycles. The van der Waals surface area contributed by atoms with Crippen molar-refractivity contribution >= 4 is 29.1 Å². The molecule has 2 aromatic rings. The number of likely N-dealkylation sites (tertiary alicyclic amines) is 1. The number of carbonyl (C=O) groups excluding carboxylic acids is 3. The number of benzene rings is 1. The van der Waals surface area contributed by atoms with Gasteiger partial charge in [-0.15, -0.1) is 11.3 Å². The van der Waals surface area contributed by atoms with Gasteiger partial charge >= 0.3 is 0 Å². The van der Waals surface area contributed by atoms with Gasteiger partial charge in [0.1, 0.15) is 6.04 Å². The summed E-state index contributed by atoms with van der Waals surface area (Å²) in [5, 5.41) is 7.59. The zero-order chi connectivity index (χ0) is 19.8. The lowest BCUT2D eigenvalue weighted by Crippen LogP contribution is -2.48. The first-order chi connectivity index (χ1) is 13.6. The van der Waals surface area contributed by atoms with E-state index in [1.165, 1.54) is 11.3 Å². The second-order valence-electron chi connectivity index (χ2n) is 6.82. The molecule has 1 atom stereocenters. The van der Waals surface area contributed by atoms with E-state index in [1.54, 1.807) is 6.07 Å². The van der Waals surface area contributed by atoms with Gasteiger partial charge < -0.3 is 15.5 Å². The Hall–Kier alpha value is -2.67. The number of nitrogens with one attached hydrogen (secondary N) is 2. The highest BCUT2D eigenvalue weighted by atomic mass is 32.1. The maximum atomic E-state index is 12.7. The van der Waals surface area contributed by atoms with Crippen LogP contribution in [0.25, 0.3) is 0 Å². The first kappa shape index (κ1) is 20.1. The first-order valence-electron chi connectivity index (χ1n) is 9.57. The van der Waals surface area contributed by atoms with Crippen LogP contribution in [0.2, 0.25) is 0 Å². The number of carbonyl (C=O) groups is 3. The van der Waals surface area contributed by atoms with Crippen molar-refractivity contribution in [2.24, 2.45) is 0 Å². The second kappa shape index (κ2) is 10.0. The second-order valence-corrected chi connectivity index (χ2v) is 7.77. The fourth-order valence-electron chi connectivity index (χ4n) is 3.24. The maximum Gasteiger partial charge on any atom is 0.262 e. The number of hydrogen-bond acceptors (Lipinski definition) is 4. The van der Waals surface area contributed by atoms with Crippen molar-refractivity contribution in [1.29, 1.82) is 0 Å². The highest BCUT2D eigenvalue weighted by Crippen LogP contribution is 2.11. The lowest BCUT2D eigenvalue weighted by atomic mass is 10.1. The van der Waals surface area contributed by atoms with Gasteiger partial charge in [-0.1, -0.05) is 36.4 Å². The van der Waals surface area contributed by atoms with Crippen LogP contribution in [0.5, 0.6) is 0 Å². The van der Waals surface area contributed by atoms with Gasteiger partial charge in [0, 0.05) is 32.5 Å². The molecule has 0 saturated carbocycles. The van der Waals surface area contributed by atoms with Crippen LogP contribution in [-0.2, 0) is 16.0 Å². The fraction of sp³-hybridized carbons (Fsp3) is 0.381. The summed E-state index contributed by atoms with van der Waals surface area (Å²) >= 11 is 1.35. The van der Waals surface area contributed by atoms with Gasteiger partial charge in [-0.2, -0.15) is 0 Å². The third kappa shape index (κ3) is 5.66. The highest BCUT2D eigenvalue weighted by molar-refractivity contribution is 7.12. The summed E-state index contributed by atoms with van der Waals surface area (Å²) in [5.41, 5.74) is 0.983. The van der Waals surface area contributed by atoms with Gasteiger partial charge in [-0.3, -0.25) is 14.4 Å². The SMILES string of the molecule is O=C(NC(Cc1ccccc1)C(=O)NCCCN1CCCC1=O)c1cccs1. The molecule has 3 amide bonds.